The molecule has 106 valence electrons. The van der Waals surface area contributed by atoms with Crippen LogP contribution < -0.4 is 5.32 Å². The van der Waals surface area contributed by atoms with E-state index in [2.05, 4.69) is 33.4 Å². The van der Waals surface area contributed by atoms with Gasteiger partial charge in [-0.05, 0) is 36.1 Å². The lowest BCUT2D eigenvalue weighted by Gasteiger charge is -2.23. The highest BCUT2D eigenvalue weighted by atomic mass is 79.9. The highest BCUT2D eigenvalue weighted by molar-refractivity contribution is 9.10. The van der Waals surface area contributed by atoms with Crippen LogP contribution in [0.1, 0.15) is 24.3 Å². The van der Waals surface area contributed by atoms with Crippen LogP contribution >= 0.6 is 15.9 Å². The zero-order valence-corrected chi connectivity index (χ0v) is 13.1. The standard InChI is InChI=1S/C18H16BrNO/c19-15-7-4-8-16(11-15)20-17-9-14(10-18(21)12-17)13-5-2-1-3-6-13/h1-8,11-12,14,20H,9-10H2. The van der Waals surface area contributed by atoms with E-state index in [1.54, 1.807) is 6.08 Å². The molecule has 0 radical (unpaired) electrons. The molecule has 2 nitrogen and oxygen atoms in total. The number of nitrogens with one attached hydrogen (secondary N) is 1. The number of carbonyl (C=O) groups is 1. The van der Waals surface area contributed by atoms with Gasteiger partial charge < -0.3 is 5.32 Å². The summed E-state index contributed by atoms with van der Waals surface area (Å²) in [7, 11) is 0. The van der Waals surface area contributed by atoms with Crippen molar-refractivity contribution in [2.45, 2.75) is 18.8 Å². The molecule has 1 N–H and O–H groups in total. The second-order valence-corrected chi connectivity index (χ2v) is 6.20. The van der Waals surface area contributed by atoms with Crippen LogP contribution in [0.3, 0.4) is 0 Å². The lowest BCUT2D eigenvalue weighted by atomic mass is 9.85. The monoisotopic (exact) mass is 341 g/mol. The molecule has 1 aliphatic carbocycles. The second kappa shape index (κ2) is 6.27. The fraction of sp³-hybridized carbons (Fsp3) is 0.167. The zero-order valence-electron chi connectivity index (χ0n) is 11.6. The summed E-state index contributed by atoms with van der Waals surface area (Å²) in [5.74, 6) is 0.450. The van der Waals surface area contributed by atoms with Crippen molar-refractivity contribution in [1.82, 2.24) is 0 Å². The first-order valence-corrected chi connectivity index (χ1v) is 7.81. The maximum Gasteiger partial charge on any atom is 0.158 e. The molecule has 3 rings (SSSR count). The number of ketones is 1. The van der Waals surface area contributed by atoms with Crippen LogP contribution in [0.2, 0.25) is 0 Å². The minimum absolute atomic E-state index is 0.188. The fourth-order valence-electron chi connectivity index (χ4n) is 2.69. The van der Waals surface area contributed by atoms with Gasteiger partial charge in [-0.3, -0.25) is 4.79 Å². The van der Waals surface area contributed by atoms with E-state index in [-0.39, 0.29) is 11.7 Å². The molecule has 3 heteroatoms. The Morgan fingerprint density at radius 2 is 1.81 bits per heavy atom. The zero-order chi connectivity index (χ0) is 14.7. The van der Waals surface area contributed by atoms with Gasteiger partial charge in [0.2, 0.25) is 0 Å². The van der Waals surface area contributed by atoms with Crippen LogP contribution in [0.25, 0.3) is 0 Å². The summed E-state index contributed by atoms with van der Waals surface area (Å²) < 4.78 is 1.02. The molecule has 1 unspecified atom stereocenters. The third-order valence-corrected chi connectivity index (χ3v) is 4.14. The first-order valence-electron chi connectivity index (χ1n) is 7.01. The average Bonchev–Trinajstić information content (AvgIpc) is 2.47. The third kappa shape index (κ3) is 3.61. The van der Waals surface area contributed by atoms with Gasteiger partial charge in [-0.25, -0.2) is 0 Å². The molecule has 1 atom stereocenters. The summed E-state index contributed by atoms with van der Waals surface area (Å²) in [5.41, 5.74) is 3.21. The topological polar surface area (TPSA) is 29.1 Å². The smallest absolute Gasteiger partial charge is 0.158 e. The van der Waals surface area contributed by atoms with E-state index in [9.17, 15) is 4.79 Å². The summed E-state index contributed by atoms with van der Waals surface area (Å²) in [4.78, 5) is 12.0. The van der Waals surface area contributed by atoms with Gasteiger partial charge in [0, 0.05) is 28.4 Å². The first kappa shape index (κ1) is 14.1. The van der Waals surface area contributed by atoms with E-state index < -0.39 is 0 Å². The van der Waals surface area contributed by atoms with Gasteiger partial charge in [-0.1, -0.05) is 52.3 Å². The van der Waals surface area contributed by atoms with E-state index in [1.807, 2.05) is 42.5 Å². The van der Waals surface area contributed by atoms with Gasteiger partial charge in [0.1, 0.15) is 0 Å². The minimum atomic E-state index is 0.188. The number of rotatable bonds is 3. The molecule has 0 saturated heterocycles. The van der Waals surface area contributed by atoms with Crippen LogP contribution in [0.15, 0.2) is 70.8 Å². The van der Waals surface area contributed by atoms with Gasteiger partial charge >= 0.3 is 0 Å². The molecule has 2 aromatic carbocycles. The first-order chi connectivity index (χ1) is 10.2. The number of hydrogen-bond acceptors (Lipinski definition) is 2. The second-order valence-electron chi connectivity index (χ2n) is 5.29. The van der Waals surface area contributed by atoms with Crippen molar-refractivity contribution in [3.63, 3.8) is 0 Å². The molecule has 1 aliphatic rings. The fourth-order valence-corrected chi connectivity index (χ4v) is 3.09. The van der Waals surface area contributed by atoms with Crippen molar-refractivity contribution in [3.05, 3.63) is 76.4 Å². The summed E-state index contributed by atoms with van der Waals surface area (Å²) in [6, 6.07) is 18.2. The highest BCUT2D eigenvalue weighted by Gasteiger charge is 2.22. The Morgan fingerprint density at radius 3 is 2.57 bits per heavy atom. The summed E-state index contributed by atoms with van der Waals surface area (Å²) in [6.07, 6.45) is 3.19. The average molecular weight is 342 g/mol. The molecule has 0 aliphatic heterocycles. The van der Waals surface area contributed by atoms with E-state index in [0.717, 1.165) is 22.3 Å². The molecule has 0 amide bonds. The number of carbonyl (C=O) groups excluding carboxylic acids is 1. The quantitative estimate of drug-likeness (QED) is 0.860. The molecule has 0 fully saturated rings. The van der Waals surface area contributed by atoms with Gasteiger partial charge in [-0.2, -0.15) is 0 Å². The van der Waals surface area contributed by atoms with Crippen LogP contribution in [0.5, 0.6) is 0 Å². The number of benzene rings is 2. The highest BCUT2D eigenvalue weighted by Crippen LogP contribution is 2.32. The van der Waals surface area contributed by atoms with Crippen molar-refractivity contribution >= 4 is 27.4 Å². The Labute approximate surface area is 133 Å². The van der Waals surface area contributed by atoms with Gasteiger partial charge in [0.25, 0.3) is 0 Å². The Kier molecular flexibility index (Phi) is 4.20. The lowest BCUT2D eigenvalue weighted by Crippen LogP contribution is -2.16. The SMILES string of the molecule is O=C1C=C(Nc2cccc(Br)c2)CC(c2ccccc2)C1. The molecule has 21 heavy (non-hydrogen) atoms. The normalized spacial score (nSPS) is 18.2. The van der Waals surface area contributed by atoms with Crippen LogP contribution in [0, 0.1) is 0 Å². The molecular weight excluding hydrogens is 326 g/mol. The molecule has 0 heterocycles. The Hall–Kier alpha value is -1.87. The van der Waals surface area contributed by atoms with Crippen LogP contribution in [-0.2, 0) is 4.79 Å². The lowest BCUT2D eigenvalue weighted by molar-refractivity contribution is -0.115. The maximum absolute atomic E-state index is 12.0. The van der Waals surface area contributed by atoms with Gasteiger partial charge in [0.15, 0.2) is 5.78 Å². The molecule has 0 aromatic heterocycles. The Morgan fingerprint density at radius 1 is 1.00 bits per heavy atom. The van der Waals surface area contributed by atoms with Crippen LogP contribution in [-0.4, -0.2) is 5.78 Å². The molecule has 0 spiro atoms. The largest absolute Gasteiger partial charge is 0.359 e. The number of hydrogen-bond donors (Lipinski definition) is 1. The van der Waals surface area contributed by atoms with Crippen molar-refractivity contribution in [2.75, 3.05) is 5.32 Å². The van der Waals surface area contributed by atoms with E-state index in [0.29, 0.717) is 6.42 Å². The van der Waals surface area contributed by atoms with Crippen molar-refractivity contribution in [1.29, 1.82) is 0 Å². The minimum Gasteiger partial charge on any atom is -0.359 e. The van der Waals surface area contributed by atoms with E-state index in [1.165, 1.54) is 5.56 Å². The van der Waals surface area contributed by atoms with E-state index in [4.69, 9.17) is 0 Å². The molecular formula is C18H16BrNO. The molecule has 0 bridgehead atoms. The van der Waals surface area contributed by atoms with Gasteiger partial charge in [0.05, 0.1) is 0 Å². The van der Waals surface area contributed by atoms with Crippen LogP contribution in [0.4, 0.5) is 5.69 Å². The number of anilines is 1. The predicted octanol–water partition coefficient (Wildman–Crippen LogP) is 4.89. The van der Waals surface area contributed by atoms with Gasteiger partial charge in [-0.15, -0.1) is 0 Å². The third-order valence-electron chi connectivity index (χ3n) is 3.65. The van der Waals surface area contributed by atoms with Crippen molar-refractivity contribution in [3.8, 4) is 0 Å². The summed E-state index contributed by atoms with van der Waals surface area (Å²) in [6.45, 7) is 0. The Bertz CT molecular complexity index is 679. The number of halogens is 1. The maximum atomic E-state index is 12.0. The molecule has 0 saturated carbocycles. The Balaban J connectivity index is 1.78. The molecule has 2 aromatic rings. The summed E-state index contributed by atoms with van der Waals surface area (Å²) >= 11 is 3.46. The van der Waals surface area contributed by atoms with E-state index >= 15 is 0 Å². The summed E-state index contributed by atoms with van der Waals surface area (Å²) in [5, 5.41) is 3.36. The van der Waals surface area contributed by atoms with Crippen molar-refractivity contribution in [2.24, 2.45) is 0 Å². The predicted molar refractivity (Wildman–Crippen MR) is 89.3 cm³/mol. The van der Waals surface area contributed by atoms with Crippen molar-refractivity contribution < 1.29 is 4.79 Å². The number of allylic oxidation sites excluding steroid dienone is 2.